The molecule has 0 saturated carbocycles. The Morgan fingerprint density at radius 3 is 2.53 bits per heavy atom. The molecule has 0 aliphatic rings. The number of carbonyl (C=O) groups excluding carboxylic acids is 2. The van der Waals surface area contributed by atoms with E-state index in [1.807, 2.05) is 13.8 Å². The molecule has 104 valence electrons. The van der Waals surface area contributed by atoms with Crippen molar-refractivity contribution in [2.24, 2.45) is 0 Å². The third kappa shape index (κ3) is 3.61. The molecule has 0 bridgehead atoms. The Kier molecular flexibility index (Phi) is 5.17. The molecule has 1 aromatic carbocycles. The Balaban J connectivity index is 2.66. The number of nitrogens with two attached hydrogens (primary N) is 1. The molecule has 0 unspecified atom stereocenters. The van der Waals surface area contributed by atoms with Gasteiger partial charge in [-0.1, -0.05) is 6.07 Å². The Labute approximate surface area is 112 Å². The highest BCUT2D eigenvalue weighted by atomic mass is 16.3. The molecule has 0 heterocycles. The number of phenols is 1. The third-order valence-electron chi connectivity index (χ3n) is 2.83. The van der Waals surface area contributed by atoms with Crippen LogP contribution in [-0.2, 0) is 4.79 Å². The summed E-state index contributed by atoms with van der Waals surface area (Å²) in [6.07, 6.45) is 0. The third-order valence-corrected chi connectivity index (χ3v) is 2.83. The summed E-state index contributed by atoms with van der Waals surface area (Å²) >= 11 is 0. The number of nitrogen functional groups attached to an aromatic ring is 1. The predicted molar refractivity (Wildman–Crippen MR) is 72.8 cm³/mol. The van der Waals surface area contributed by atoms with Crippen molar-refractivity contribution in [1.82, 2.24) is 10.2 Å². The lowest BCUT2D eigenvalue weighted by molar-refractivity contribution is -0.129. The van der Waals surface area contributed by atoms with Gasteiger partial charge in [-0.15, -0.1) is 0 Å². The van der Waals surface area contributed by atoms with Gasteiger partial charge in [-0.2, -0.15) is 0 Å². The van der Waals surface area contributed by atoms with Crippen molar-refractivity contribution in [3.05, 3.63) is 23.8 Å². The van der Waals surface area contributed by atoms with E-state index in [9.17, 15) is 14.7 Å². The molecule has 0 saturated heterocycles. The van der Waals surface area contributed by atoms with E-state index >= 15 is 0 Å². The molecule has 1 rings (SSSR count). The van der Waals surface area contributed by atoms with E-state index in [4.69, 9.17) is 5.73 Å². The van der Waals surface area contributed by atoms with E-state index in [-0.39, 0.29) is 29.5 Å². The first-order chi connectivity index (χ1) is 9.01. The number of anilines is 1. The standard InChI is InChI=1S/C13H19N3O3/c1-3-16(4-2)11(17)8-15-13(19)9-6-5-7-10(14)12(9)18/h5-7,18H,3-4,8,14H2,1-2H3,(H,15,19). The van der Waals surface area contributed by atoms with Crippen molar-refractivity contribution in [2.75, 3.05) is 25.4 Å². The van der Waals surface area contributed by atoms with Gasteiger partial charge in [0, 0.05) is 13.1 Å². The number of amides is 2. The van der Waals surface area contributed by atoms with Gasteiger partial charge in [0.05, 0.1) is 17.8 Å². The molecule has 0 atom stereocenters. The molecule has 0 aromatic heterocycles. The van der Waals surface area contributed by atoms with Crippen LogP contribution in [0, 0.1) is 0 Å². The van der Waals surface area contributed by atoms with Gasteiger partial charge in [0.1, 0.15) is 0 Å². The maximum atomic E-state index is 11.8. The number of nitrogens with one attached hydrogen (secondary N) is 1. The summed E-state index contributed by atoms with van der Waals surface area (Å²) in [4.78, 5) is 25.2. The van der Waals surface area contributed by atoms with Crippen LogP contribution in [-0.4, -0.2) is 41.5 Å². The van der Waals surface area contributed by atoms with Crippen LogP contribution in [0.5, 0.6) is 5.75 Å². The lowest BCUT2D eigenvalue weighted by atomic mass is 10.1. The zero-order valence-corrected chi connectivity index (χ0v) is 11.1. The van der Waals surface area contributed by atoms with Crippen LogP contribution in [0.3, 0.4) is 0 Å². The summed E-state index contributed by atoms with van der Waals surface area (Å²) in [6, 6.07) is 4.51. The number of hydrogen-bond donors (Lipinski definition) is 3. The number of benzene rings is 1. The molecule has 4 N–H and O–H groups in total. The number of para-hydroxylation sites is 1. The van der Waals surface area contributed by atoms with Crippen LogP contribution >= 0.6 is 0 Å². The van der Waals surface area contributed by atoms with Gasteiger partial charge in [-0.05, 0) is 26.0 Å². The summed E-state index contributed by atoms with van der Waals surface area (Å²) in [5.74, 6) is -0.956. The molecule has 6 heteroatoms. The summed E-state index contributed by atoms with van der Waals surface area (Å²) in [5.41, 5.74) is 5.69. The highest BCUT2D eigenvalue weighted by Crippen LogP contribution is 2.23. The second kappa shape index (κ2) is 6.63. The summed E-state index contributed by atoms with van der Waals surface area (Å²) in [7, 11) is 0. The first-order valence-corrected chi connectivity index (χ1v) is 6.14. The number of aromatic hydroxyl groups is 1. The highest BCUT2D eigenvalue weighted by molar-refractivity contribution is 6.00. The molecule has 0 radical (unpaired) electrons. The van der Waals surface area contributed by atoms with Crippen molar-refractivity contribution in [3.63, 3.8) is 0 Å². The van der Waals surface area contributed by atoms with Crippen molar-refractivity contribution in [1.29, 1.82) is 0 Å². The topological polar surface area (TPSA) is 95.7 Å². The summed E-state index contributed by atoms with van der Waals surface area (Å²) in [6.45, 7) is 4.82. The maximum absolute atomic E-state index is 11.8. The minimum absolute atomic E-state index is 0.0624. The Morgan fingerprint density at radius 2 is 1.95 bits per heavy atom. The lowest BCUT2D eigenvalue weighted by Gasteiger charge is -2.18. The van der Waals surface area contributed by atoms with Crippen molar-refractivity contribution in [2.45, 2.75) is 13.8 Å². The van der Waals surface area contributed by atoms with Crippen molar-refractivity contribution >= 4 is 17.5 Å². The average molecular weight is 265 g/mol. The van der Waals surface area contributed by atoms with E-state index in [0.717, 1.165) is 0 Å². The van der Waals surface area contributed by atoms with E-state index in [2.05, 4.69) is 5.32 Å². The molecule has 19 heavy (non-hydrogen) atoms. The van der Waals surface area contributed by atoms with Crippen LogP contribution < -0.4 is 11.1 Å². The monoisotopic (exact) mass is 265 g/mol. The first kappa shape index (κ1) is 14.8. The summed E-state index contributed by atoms with van der Waals surface area (Å²) < 4.78 is 0. The number of hydrogen-bond acceptors (Lipinski definition) is 4. The second-order valence-electron chi connectivity index (χ2n) is 3.99. The van der Waals surface area contributed by atoms with E-state index in [1.165, 1.54) is 12.1 Å². The number of carbonyl (C=O) groups is 2. The lowest BCUT2D eigenvalue weighted by Crippen LogP contribution is -2.40. The van der Waals surface area contributed by atoms with Crippen molar-refractivity contribution < 1.29 is 14.7 Å². The predicted octanol–water partition coefficient (Wildman–Crippen LogP) is 0.573. The molecule has 0 fully saturated rings. The first-order valence-electron chi connectivity index (χ1n) is 6.14. The molecule has 6 nitrogen and oxygen atoms in total. The minimum Gasteiger partial charge on any atom is -0.505 e. The fourth-order valence-electron chi connectivity index (χ4n) is 1.68. The molecular weight excluding hydrogens is 246 g/mol. The van der Waals surface area contributed by atoms with Gasteiger partial charge >= 0.3 is 0 Å². The minimum atomic E-state index is -0.523. The zero-order chi connectivity index (χ0) is 14.4. The highest BCUT2D eigenvalue weighted by Gasteiger charge is 2.15. The molecule has 0 spiro atoms. The van der Waals surface area contributed by atoms with Gasteiger partial charge in [0.15, 0.2) is 5.75 Å². The second-order valence-corrected chi connectivity index (χ2v) is 3.99. The summed E-state index contributed by atoms with van der Waals surface area (Å²) in [5, 5.41) is 12.1. The van der Waals surface area contributed by atoms with Crippen LogP contribution in [0.1, 0.15) is 24.2 Å². The van der Waals surface area contributed by atoms with Crippen molar-refractivity contribution in [3.8, 4) is 5.75 Å². The van der Waals surface area contributed by atoms with Crippen LogP contribution in [0.25, 0.3) is 0 Å². The fourth-order valence-corrected chi connectivity index (χ4v) is 1.68. The quantitative estimate of drug-likeness (QED) is 0.536. The Hall–Kier alpha value is -2.24. The molecular formula is C13H19N3O3. The van der Waals surface area contributed by atoms with Gasteiger partial charge in [0.25, 0.3) is 5.91 Å². The van der Waals surface area contributed by atoms with Crippen LogP contribution in [0.2, 0.25) is 0 Å². The Morgan fingerprint density at radius 1 is 1.32 bits per heavy atom. The molecule has 1 aromatic rings. The number of phenolic OH excluding ortho intramolecular Hbond substituents is 1. The maximum Gasteiger partial charge on any atom is 0.255 e. The van der Waals surface area contributed by atoms with Gasteiger partial charge in [-0.3, -0.25) is 9.59 Å². The van der Waals surface area contributed by atoms with E-state index < -0.39 is 5.91 Å². The number of likely N-dealkylation sites (N-methyl/N-ethyl adjacent to an activating group) is 1. The molecule has 0 aliphatic heterocycles. The van der Waals surface area contributed by atoms with Crippen LogP contribution in [0.4, 0.5) is 5.69 Å². The van der Waals surface area contributed by atoms with Gasteiger partial charge in [0.2, 0.25) is 5.91 Å². The number of rotatable bonds is 5. The van der Waals surface area contributed by atoms with E-state index in [1.54, 1.807) is 11.0 Å². The van der Waals surface area contributed by atoms with Crippen LogP contribution in [0.15, 0.2) is 18.2 Å². The normalized spacial score (nSPS) is 10.0. The fraction of sp³-hybridized carbons (Fsp3) is 0.385. The smallest absolute Gasteiger partial charge is 0.255 e. The van der Waals surface area contributed by atoms with Gasteiger partial charge in [-0.25, -0.2) is 0 Å². The SMILES string of the molecule is CCN(CC)C(=O)CNC(=O)c1cccc(N)c1O. The molecule has 0 aliphatic carbocycles. The molecule has 2 amide bonds. The van der Waals surface area contributed by atoms with E-state index in [0.29, 0.717) is 13.1 Å². The Bertz CT molecular complexity index is 470. The zero-order valence-electron chi connectivity index (χ0n) is 11.1. The number of nitrogens with zero attached hydrogens (tertiary/aromatic N) is 1. The largest absolute Gasteiger partial charge is 0.505 e. The average Bonchev–Trinajstić information content (AvgIpc) is 2.40. The van der Waals surface area contributed by atoms with Gasteiger partial charge < -0.3 is 21.1 Å².